The molecule has 2 rings (SSSR count). The van der Waals surface area contributed by atoms with Crippen LogP contribution in [0.1, 0.15) is 19.4 Å². The van der Waals surface area contributed by atoms with Crippen LogP contribution in [-0.2, 0) is 0 Å². The molecule has 0 saturated heterocycles. The average Bonchev–Trinajstić information content (AvgIpc) is 2.44. The predicted octanol–water partition coefficient (Wildman–Crippen LogP) is 4.54. The highest BCUT2D eigenvalue weighted by atomic mass is 16.5. The van der Waals surface area contributed by atoms with Crippen molar-refractivity contribution >= 4 is 11.4 Å². The molecule has 0 fully saturated rings. The molecule has 0 spiro atoms. The van der Waals surface area contributed by atoms with Crippen LogP contribution >= 0.6 is 0 Å². The third kappa shape index (κ3) is 3.44. The maximum atomic E-state index is 5.69. The summed E-state index contributed by atoms with van der Waals surface area (Å²) in [6.07, 6.45) is 0. The van der Waals surface area contributed by atoms with Gasteiger partial charge in [-0.05, 0) is 44.5 Å². The highest BCUT2D eigenvalue weighted by molar-refractivity contribution is 5.69. The van der Waals surface area contributed by atoms with Crippen LogP contribution in [0.2, 0.25) is 0 Å². The molecule has 0 atom stereocenters. The van der Waals surface area contributed by atoms with Gasteiger partial charge in [-0.2, -0.15) is 0 Å². The van der Waals surface area contributed by atoms with Gasteiger partial charge in [0.05, 0.1) is 18.9 Å². The second kappa shape index (κ2) is 6.85. The molecule has 3 nitrogen and oxygen atoms in total. The van der Waals surface area contributed by atoms with E-state index in [1.165, 1.54) is 5.56 Å². The molecule has 0 heterocycles. The molecule has 0 aliphatic heterocycles. The molecule has 0 saturated carbocycles. The van der Waals surface area contributed by atoms with Crippen molar-refractivity contribution in [3.63, 3.8) is 0 Å². The lowest BCUT2D eigenvalue weighted by Crippen LogP contribution is -2.00. The van der Waals surface area contributed by atoms with Crippen LogP contribution in [0.15, 0.2) is 42.5 Å². The predicted molar refractivity (Wildman–Crippen MR) is 83.2 cm³/mol. The van der Waals surface area contributed by atoms with Crippen molar-refractivity contribution in [2.45, 2.75) is 20.8 Å². The topological polar surface area (TPSA) is 30.5 Å². The van der Waals surface area contributed by atoms with E-state index in [0.717, 1.165) is 22.9 Å². The SMILES string of the molecule is CCOc1ccc(Nc2ccccc2C)c(OCC)c1. The van der Waals surface area contributed by atoms with Crippen molar-refractivity contribution in [1.82, 2.24) is 0 Å². The number of para-hydroxylation sites is 1. The molecule has 0 unspecified atom stereocenters. The first kappa shape index (κ1) is 14.3. The highest BCUT2D eigenvalue weighted by Gasteiger charge is 2.07. The van der Waals surface area contributed by atoms with Gasteiger partial charge in [0, 0.05) is 11.8 Å². The lowest BCUT2D eigenvalue weighted by atomic mass is 10.2. The fourth-order valence-electron chi connectivity index (χ4n) is 2.00. The molecule has 0 aliphatic carbocycles. The number of anilines is 2. The number of hydrogen-bond acceptors (Lipinski definition) is 3. The summed E-state index contributed by atoms with van der Waals surface area (Å²) in [4.78, 5) is 0. The maximum Gasteiger partial charge on any atom is 0.146 e. The lowest BCUT2D eigenvalue weighted by Gasteiger charge is -2.15. The minimum absolute atomic E-state index is 0.623. The molecular weight excluding hydrogens is 250 g/mol. The number of nitrogens with one attached hydrogen (secondary N) is 1. The summed E-state index contributed by atoms with van der Waals surface area (Å²) in [5, 5.41) is 3.41. The maximum absolute atomic E-state index is 5.69. The van der Waals surface area contributed by atoms with Gasteiger partial charge < -0.3 is 14.8 Å². The summed E-state index contributed by atoms with van der Waals surface area (Å²) in [6.45, 7) is 7.30. The fraction of sp³-hybridized carbons (Fsp3) is 0.294. The van der Waals surface area contributed by atoms with Gasteiger partial charge in [-0.15, -0.1) is 0 Å². The van der Waals surface area contributed by atoms with E-state index in [1.807, 2.05) is 44.2 Å². The second-order valence-corrected chi connectivity index (χ2v) is 4.46. The van der Waals surface area contributed by atoms with Crippen molar-refractivity contribution in [3.05, 3.63) is 48.0 Å². The van der Waals surface area contributed by atoms with Crippen molar-refractivity contribution in [2.75, 3.05) is 18.5 Å². The van der Waals surface area contributed by atoms with Gasteiger partial charge in [0.1, 0.15) is 11.5 Å². The minimum atomic E-state index is 0.623. The Balaban J connectivity index is 2.28. The summed E-state index contributed by atoms with van der Waals surface area (Å²) in [5.41, 5.74) is 3.23. The van der Waals surface area contributed by atoms with Crippen LogP contribution in [0.25, 0.3) is 0 Å². The molecule has 3 heteroatoms. The summed E-state index contributed by atoms with van der Waals surface area (Å²) < 4.78 is 11.2. The quantitative estimate of drug-likeness (QED) is 0.837. The zero-order chi connectivity index (χ0) is 14.4. The van der Waals surface area contributed by atoms with Crippen LogP contribution in [0.5, 0.6) is 11.5 Å². The molecule has 0 radical (unpaired) electrons. The van der Waals surface area contributed by atoms with E-state index >= 15 is 0 Å². The first-order valence-corrected chi connectivity index (χ1v) is 6.97. The Bertz CT molecular complexity index is 567. The molecule has 2 aromatic rings. The molecular formula is C17H21NO2. The molecule has 1 N–H and O–H groups in total. The standard InChI is InChI=1S/C17H21NO2/c1-4-19-14-10-11-16(17(12-14)20-5-2)18-15-9-7-6-8-13(15)3/h6-12,18H,4-5H2,1-3H3. The van der Waals surface area contributed by atoms with E-state index in [0.29, 0.717) is 13.2 Å². The molecule has 0 aromatic heterocycles. The largest absolute Gasteiger partial charge is 0.494 e. The van der Waals surface area contributed by atoms with E-state index in [-0.39, 0.29) is 0 Å². The Labute approximate surface area is 120 Å². The van der Waals surface area contributed by atoms with Gasteiger partial charge in [-0.25, -0.2) is 0 Å². The Hall–Kier alpha value is -2.16. The van der Waals surface area contributed by atoms with Crippen molar-refractivity contribution in [3.8, 4) is 11.5 Å². The van der Waals surface area contributed by atoms with Crippen LogP contribution in [0.4, 0.5) is 11.4 Å². The van der Waals surface area contributed by atoms with Gasteiger partial charge in [-0.3, -0.25) is 0 Å². The van der Waals surface area contributed by atoms with E-state index in [9.17, 15) is 0 Å². The molecule has 20 heavy (non-hydrogen) atoms. The highest BCUT2D eigenvalue weighted by Crippen LogP contribution is 2.32. The van der Waals surface area contributed by atoms with E-state index < -0.39 is 0 Å². The van der Waals surface area contributed by atoms with Crippen LogP contribution in [0.3, 0.4) is 0 Å². The van der Waals surface area contributed by atoms with E-state index in [4.69, 9.17) is 9.47 Å². The summed E-state index contributed by atoms with van der Waals surface area (Å²) in [7, 11) is 0. The molecule has 0 aliphatic rings. The Morgan fingerprint density at radius 3 is 2.35 bits per heavy atom. The number of hydrogen-bond donors (Lipinski definition) is 1. The summed E-state index contributed by atoms with van der Waals surface area (Å²) >= 11 is 0. The number of rotatable bonds is 6. The zero-order valence-corrected chi connectivity index (χ0v) is 12.3. The van der Waals surface area contributed by atoms with Crippen molar-refractivity contribution in [2.24, 2.45) is 0 Å². The molecule has 106 valence electrons. The smallest absolute Gasteiger partial charge is 0.146 e. The monoisotopic (exact) mass is 271 g/mol. The number of aryl methyl sites for hydroxylation is 1. The van der Waals surface area contributed by atoms with Crippen LogP contribution in [-0.4, -0.2) is 13.2 Å². The van der Waals surface area contributed by atoms with E-state index in [1.54, 1.807) is 0 Å². The fourth-order valence-corrected chi connectivity index (χ4v) is 2.00. The lowest BCUT2D eigenvalue weighted by molar-refractivity contribution is 0.324. The average molecular weight is 271 g/mol. The van der Waals surface area contributed by atoms with Gasteiger partial charge in [0.2, 0.25) is 0 Å². The molecule has 2 aromatic carbocycles. The van der Waals surface area contributed by atoms with Crippen LogP contribution in [0, 0.1) is 6.92 Å². The van der Waals surface area contributed by atoms with Gasteiger partial charge in [0.15, 0.2) is 0 Å². The van der Waals surface area contributed by atoms with Crippen molar-refractivity contribution in [1.29, 1.82) is 0 Å². The summed E-state index contributed by atoms with van der Waals surface area (Å²) in [5.74, 6) is 1.63. The molecule has 0 amide bonds. The normalized spacial score (nSPS) is 10.2. The minimum Gasteiger partial charge on any atom is -0.494 e. The van der Waals surface area contributed by atoms with Crippen molar-refractivity contribution < 1.29 is 9.47 Å². The van der Waals surface area contributed by atoms with Crippen LogP contribution < -0.4 is 14.8 Å². The third-order valence-electron chi connectivity index (χ3n) is 2.98. The first-order chi connectivity index (χ1) is 9.74. The van der Waals surface area contributed by atoms with E-state index in [2.05, 4.69) is 24.4 Å². The summed E-state index contributed by atoms with van der Waals surface area (Å²) in [6, 6.07) is 14.0. The third-order valence-corrected chi connectivity index (χ3v) is 2.98. The second-order valence-electron chi connectivity index (χ2n) is 4.46. The molecule has 0 bridgehead atoms. The Kier molecular flexibility index (Phi) is 4.88. The number of ether oxygens (including phenoxy) is 2. The number of benzene rings is 2. The van der Waals surface area contributed by atoms with Gasteiger partial charge in [0.25, 0.3) is 0 Å². The Morgan fingerprint density at radius 1 is 0.900 bits per heavy atom. The van der Waals surface area contributed by atoms with Gasteiger partial charge >= 0.3 is 0 Å². The zero-order valence-electron chi connectivity index (χ0n) is 12.3. The van der Waals surface area contributed by atoms with Gasteiger partial charge in [-0.1, -0.05) is 18.2 Å². The Morgan fingerprint density at radius 2 is 1.65 bits per heavy atom. The first-order valence-electron chi connectivity index (χ1n) is 6.97.